The summed E-state index contributed by atoms with van der Waals surface area (Å²) in [7, 11) is 3.73. The molecule has 12 heteroatoms. The van der Waals surface area contributed by atoms with E-state index < -0.39 is 11.9 Å². The second kappa shape index (κ2) is 21.0. The van der Waals surface area contributed by atoms with Crippen LogP contribution in [0.5, 0.6) is 0 Å². The maximum atomic E-state index is 12.6. The van der Waals surface area contributed by atoms with Gasteiger partial charge < -0.3 is 28.7 Å². The lowest BCUT2D eigenvalue weighted by Crippen LogP contribution is -2.23. The van der Waals surface area contributed by atoms with Crippen LogP contribution in [0.2, 0.25) is 0 Å². The zero-order chi connectivity index (χ0) is 37.9. The first kappa shape index (κ1) is 40.0. The topological polar surface area (TPSA) is 159 Å². The van der Waals surface area contributed by atoms with Crippen molar-refractivity contribution in [3.05, 3.63) is 106 Å². The van der Waals surface area contributed by atoms with E-state index >= 15 is 0 Å². The van der Waals surface area contributed by atoms with Gasteiger partial charge in [-0.15, -0.1) is 0 Å². The molecule has 3 aromatic carbocycles. The van der Waals surface area contributed by atoms with Crippen molar-refractivity contribution in [2.75, 3.05) is 50.2 Å². The van der Waals surface area contributed by atoms with E-state index in [2.05, 4.69) is 0 Å². The summed E-state index contributed by atoms with van der Waals surface area (Å²) in [6.45, 7) is 4.89. The van der Waals surface area contributed by atoms with Gasteiger partial charge in [0.1, 0.15) is 49.7 Å². The van der Waals surface area contributed by atoms with E-state index in [-0.39, 0.29) is 49.5 Å². The molecular formula is C40H42N4O8. The van der Waals surface area contributed by atoms with E-state index in [9.17, 15) is 29.7 Å². The zero-order valence-electron chi connectivity index (χ0n) is 29.8. The largest absolute Gasteiger partial charge is 0.464 e. The molecule has 270 valence electrons. The lowest BCUT2D eigenvalue weighted by atomic mass is 10.1. The minimum Gasteiger partial charge on any atom is -0.464 e. The standard InChI is InChI=1S/C40H42N4O8/c1-5-37(45)49-21-19-43(3)35-15-11-29(12-16-35)23-33(25-41)39(47)51-27-31-7-9-32(10-8-31)28-52-40(48)34(26-42)24-30-13-17-36(18-14-30)44(4)20-22-50-38(46)6-2/h7-18,23-24H,5-6,19-22,27-28H2,1-4H3. The van der Waals surface area contributed by atoms with Gasteiger partial charge in [0, 0.05) is 38.3 Å². The number of esters is 4. The molecule has 0 saturated carbocycles. The molecule has 12 nitrogen and oxygen atoms in total. The van der Waals surface area contributed by atoms with Crippen molar-refractivity contribution < 1.29 is 38.1 Å². The number of carbonyl (C=O) groups is 4. The molecule has 0 aliphatic carbocycles. The van der Waals surface area contributed by atoms with Crippen LogP contribution in [-0.4, -0.2) is 64.3 Å². The Kier molecular flexibility index (Phi) is 16.1. The molecule has 0 unspecified atom stereocenters. The van der Waals surface area contributed by atoms with Crippen LogP contribution >= 0.6 is 0 Å². The number of rotatable bonds is 18. The quantitative estimate of drug-likeness (QED) is 0.0682. The van der Waals surface area contributed by atoms with E-state index in [0.29, 0.717) is 48.2 Å². The van der Waals surface area contributed by atoms with Gasteiger partial charge in [-0.3, -0.25) is 9.59 Å². The van der Waals surface area contributed by atoms with Crippen LogP contribution in [-0.2, 0) is 51.3 Å². The van der Waals surface area contributed by atoms with E-state index in [0.717, 1.165) is 11.4 Å². The Morgan fingerprint density at radius 3 is 1.23 bits per heavy atom. The summed E-state index contributed by atoms with van der Waals surface area (Å²) < 4.78 is 20.9. The fourth-order valence-corrected chi connectivity index (χ4v) is 4.50. The van der Waals surface area contributed by atoms with Gasteiger partial charge >= 0.3 is 23.9 Å². The summed E-state index contributed by atoms with van der Waals surface area (Å²) in [5.74, 6) is -2.05. The minimum absolute atomic E-state index is 0.0769. The Balaban J connectivity index is 1.48. The molecule has 0 heterocycles. The van der Waals surface area contributed by atoms with Gasteiger partial charge in [0.2, 0.25) is 0 Å². The lowest BCUT2D eigenvalue weighted by Gasteiger charge is -2.19. The number of anilines is 2. The molecule has 0 radical (unpaired) electrons. The molecule has 0 atom stereocenters. The normalized spacial score (nSPS) is 11.0. The van der Waals surface area contributed by atoms with E-state index in [1.165, 1.54) is 12.2 Å². The smallest absolute Gasteiger partial charge is 0.349 e. The Hall–Kier alpha value is -6.40. The molecule has 0 N–H and O–H groups in total. The van der Waals surface area contributed by atoms with Crippen LogP contribution in [0.3, 0.4) is 0 Å². The Bertz CT molecular complexity index is 1680. The first-order valence-corrected chi connectivity index (χ1v) is 16.7. The Morgan fingerprint density at radius 2 is 0.923 bits per heavy atom. The summed E-state index contributed by atoms with van der Waals surface area (Å²) in [6, 6.07) is 25.0. The monoisotopic (exact) mass is 706 g/mol. The third-order valence-electron chi connectivity index (χ3n) is 7.69. The van der Waals surface area contributed by atoms with Gasteiger partial charge in [0.05, 0.1) is 13.1 Å². The van der Waals surface area contributed by atoms with Crippen LogP contribution in [0.25, 0.3) is 12.2 Å². The highest BCUT2D eigenvalue weighted by Crippen LogP contribution is 2.18. The number of hydrogen-bond acceptors (Lipinski definition) is 12. The summed E-state index contributed by atoms with van der Waals surface area (Å²) in [5, 5.41) is 19.1. The van der Waals surface area contributed by atoms with Gasteiger partial charge in [-0.05, 0) is 58.7 Å². The van der Waals surface area contributed by atoms with Crippen LogP contribution in [0.1, 0.15) is 48.9 Å². The SMILES string of the molecule is CCC(=O)OCCN(C)c1ccc(C=C(C#N)C(=O)OCc2ccc(COC(=O)C(C#N)=Cc3ccc(N(C)CCOC(=O)CC)cc3)cc2)cc1. The van der Waals surface area contributed by atoms with Crippen molar-refractivity contribution in [2.45, 2.75) is 39.9 Å². The highest BCUT2D eigenvalue weighted by molar-refractivity contribution is 5.98. The van der Waals surface area contributed by atoms with Crippen LogP contribution in [0.4, 0.5) is 11.4 Å². The van der Waals surface area contributed by atoms with Crippen molar-refractivity contribution >= 4 is 47.4 Å². The molecule has 52 heavy (non-hydrogen) atoms. The number of nitrogens with zero attached hydrogens (tertiary/aromatic N) is 4. The fraction of sp³-hybridized carbons (Fsp3) is 0.300. The summed E-state index contributed by atoms with van der Waals surface area (Å²) in [6.07, 6.45) is 3.54. The molecule has 0 amide bonds. The van der Waals surface area contributed by atoms with E-state index in [1.807, 2.05) is 60.3 Å². The maximum absolute atomic E-state index is 12.6. The average Bonchev–Trinajstić information content (AvgIpc) is 3.17. The molecular weight excluding hydrogens is 664 g/mol. The molecule has 0 aromatic heterocycles. The number of carbonyl (C=O) groups excluding carboxylic acids is 4. The highest BCUT2D eigenvalue weighted by atomic mass is 16.5. The number of ether oxygens (including phenoxy) is 4. The molecule has 0 bridgehead atoms. The number of benzene rings is 3. The van der Waals surface area contributed by atoms with Gasteiger partial charge in [-0.1, -0.05) is 62.4 Å². The summed E-state index contributed by atoms with van der Waals surface area (Å²) in [5.41, 5.74) is 4.03. The van der Waals surface area contributed by atoms with Crippen LogP contribution in [0.15, 0.2) is 83.9 Å². The van der Waals surface area contributed by atoms with Gasteiger partial charge in [-0.25, -0.2) is 9.59 Å². The second-order valence-electron chi connectivity index (χ2n) is 11.5. The van der Waals surface area contributed by atoms with Crippen LogP contribution < -0.4 is 9.80 Å². The highest BCUT2D eigenvalue weighted by Gasteiger charge is 2.14. The molecule has 3 aromatic rings. The summed E-state index contributed by atoms with van der Waals surface area (Å²) in [4.78, 5) is 51.8. The predicted octanol–water partition coefficient (Wildman–Crippen LogP) is 5.77. The van der Waals surface area contributed by atoms with E-state index in [4.69, 9.17) is 18.9 Å². The molecule has 0 aliphatic heterocycles. The zero-order valence-corrected chi connectivity index (χ0v) is 29.8. The van der Waals surface area contributed by atoms with E-state index in [1.54, 1.807) is 62.4 Å². The number of nitriles is 2. The molecule has 0 aliphatic rings. The Morgan fingerprint density at radius 1 is 0.577 bits per heavy atom. The number of hydrogen-bond donors (Lipinski definition) is 0. The fourth-order valence-electron chi connectivity index (χ4n) is 4.50. The van der Waals surface area contributed by atoms with Crippen molar-refractivity contribution in [3.63, 3.8) is 0 Å². The average molecular weight is 707 g/mol. The molecule has 0 saturated heterocycles. The molecule has 3 rings (SSSR count). The first-order valence-electron chi connectivity index (χ1n) is 16.7. The summed E-state index contributed by atoms with van der Waals surface area (Å²) >= 11 is 0. The molecule has 0 fully saturated rings. The van der Waals surface area contributed by atoms with Crippen molar-refractivity contribution in [3.8, 4) is 12.1 Å². The van der Waals surface area contributed by atoms with Crippen molar-refractivity contribution in [1.82, 2.24) is 0 Å². The van der Waals surface area contributed by atoms with Gasteiger partial charge in [0.15, 0.2) is 0 Å². The third kappa shape index (κ3) is 13.1. The maximum Gasteiger partial charge on any atom is 0.349 e. The number of likely N-dealkylation sites (N-methyl/N-ethyl adjacent to an activating group) is 2. The predicted molar refractivity (Wildman–Crippen MR) is 195 cm³/mol. The third-order valence-corrected chi connectivity index (χ3v) is 7.69. The van der Waals surface area contributed by atoms with Crippen molar-refractivity contribution in [1.29, 1.82) is 10.5 Å². The first-order chi connectivity index (χ1) is 25.1. The Labute approximate surface area is 304 Å². The van der Waals surface area contributed by atoms with Gasteiger partial charge in [-0.2, -0.15) is 10.5 Å². The van der Waals surface area contributed by atoms with Crippen LogP contribution in [0, 0.1) is 22.7 Å². The second-order valence-corrected chi connectivity index (χ2v) is 11.5. The minimum atomic E-state index is -0.772. The van der Waals surface area contributed by atoms with Crippen molar-refractivity contribution in [2.24, 2.45) is 0 Å². The van der Waals surface area contributed by atoms with Gasteiger partial charge in [0.25, 0.3) is 0 Å². The lowest BCUT2D eigenvalue weighted by molar-refractivity contribution is -0.143. The molecule has 0 spiro atoms.